The van der Waals surface area contributed by atoms with E-state index in [-0.39, 0.29) is 5.91 Å². The quantitative estimate of drug-likeness (QED) is 0.902. The molecule has 1 aliphatic carbocycles. The number of anilines is 1. The minimum absolute atomic E-state index is 0.132. The van der Waals surface area contributed by atoms with E-state index < -0.39 is 0 Å². The summed E-state index contributed by atoms with van der Waals surface area (Å²) < 4.78 is 0. The second-order valence-electron chi connectivity index (χ2n) is 8.89. The third-order valence-electron chi connectivity index (χ3n) is 6.27. The number of hydrogen-bond acceptors (Lipinski definition) is 4. The summed E-state index contributed by atoms with van der Waals surface area (Å²) >= 11 is 0. The smallest absolute Gasteiger partial charge is 0.269 e. The molecule has 2 fully saturated rings. The van der Waals surface area contributed by atoms with Crippen molar-refractivity contribution in [3.05, 3.63) is 24.0 Å². The highest BCUT2D eigenvalue weighted by molar-refractivity contribution is 5.92. The van der Waals surface area contributed by atoms with Gasteiger partial charge < -0.3 is 10.2 Å². The Bertz CT molecular complexity index is 599. The zero-order valence-corrected chi connectivity index (χ0v) is 16.8. The lowest BCUT2D eigenvalue weighted by Gasteiger charge is -2.45. The molecule has 1 aliphatic heterocycles. The summed E-state index contributed by atoms with van der Waals surface area (Å²) in [7, 11) is 1.63. The Balaban J connectivity index is 1.55. The minimum Gasteiger partial charge on any atom is -0.368 e. The maximum atomic E-state index is 11.6. The van der Waals surface area contributed by atoms with Crippen LogP contribution in [0.1, 0.15) is 56.9 Å². The van der Waals surface area contributed by atoms with Crippen molar-refractivity contribution < 1.29 is 4.79 Å². The van der Waals surface area contributed by atoms with Crippen LogP contribution < -0.4 is 10.2 Å². The molecule has 0 spiro atoms. The van der Waals surface area contributed by atoms with Crippen molar-refractivity contribution in [3.63, 3.8) is 0 Å². The average molecular weight is 359 g/mol. The van der Waals surface area contributed by atoms with Gasteiger partial charge in [0.05, 0.1) is 11.9 Å². The Hall–Kier alpha value is -1.62. The molecule has 26 heavy (non-hydrogen) atoms. The van der Waals surface area contributed by atoms with Crippen LogP contribution in [0.2, 0.25) is 0 Å². The lowest BCUT2D eigenvalue weighted by atomic mass is 9.70. The van der Waals surface area contributed by atoms with Gasteiger partial charge in [0.1, 0.15) is 5.69 Å². The van der Waals surface area contributed by atoms with Gasteiger partial charge in [0.25, 0.3) is 5.91 Å². The number of rotatable bonds is 3. The van der Waals surface area contributed by atoms with E-state index in [2.05, 4.69) is 40.9 Å². The lowest BCUT2D eigenvalue weighted by molar-refractivity contribution is 0.0797. The van der Waals surface area contributed by atoms with Crippen LogP contribution in [-0.2, 0) is 0 Å². The fraction of sp³-hybridized carbons (Fsp3) is 0.714. The number of carbonyl (C=O) groups excluding carboxylic acids is 1. The monoisotopic (exact) mass is 358 g/mol. The number of piperazine rings is 1. The molecule has 2 aliphatic rings. The number of amides is 1. The van der Waals surface area contributed by atoms with E-state index in [0.717, 1.165) is 43.8 Å². The molecule has 1 aromatic rings. The topological polar surface area (TPSA) is 48.5 Å². The van der Waals surface area contributed by atoms with Crippen LogP contribution in [0.25, 0.3) is 0 Å². The third-order valence-corrected chi connectivity index (χ3v) is 6.27. The summed E-state index contributed by atoms with van der Waals surface area (Å²) in [5.41, 5.74) is 2.03. The van der Waals surface area contributed by atoms with Gasteiger partial charge in [-0.15, -0.1) is 0 Å². The Labute approximate surface area is 158 Å². The van der Waals surface area contributed by atoms with E-state index in [1.54, 1.807) is 7.05 Å². The van der Waals surface area contributed by atoms with E-state index in [0.29, 0.717) is 11.1 Å². The van der Waals surface area contributed by atoms with Gasteiger partial charge in [0, 0.05) is 39.3 Å². The van der Waals surface area contributed by atoms with E-state index in [4.69, 9.17) is 0 Å². The normalized spacial score (nSPS) is 25.2. The van der Waals surface area contributed by atoms with Crippen LogP contribution in [0.15, 0.2) is 18.3 Å². The Morgan fingerprint density at radius 3 is 2.46 bits per heavy atom. The third kappa shape index (κ3) is 4.37. The van der Waals surface area contributed by atoms with Gasteiger partial charge in [0.2, 0.25) is 0 Å². The van der Waals surface area contributed by atoms with Crippen LogP contribution in [0.3, 0.4) is 0 Å². The number of nitrogens with one attached hydrogen (secondary N) is 1. The Morgan fingerprint density at radius 2 is 1.88 bits per heavy atom. The highest BCUT2D eigenvalue weighted by Gasteiger charge is 2.34. The van der Waals surface area contributed by atoms with Crippen LogP contribution >= 0.6 is 0 Å². The Morgan fingerprint density at radius 1 is 1.15 bits per heavy atom. The summed E-state index contributed by atoms with van der Waals surface area (Å²) in [6.07, 6.45) is 7.30. The van der Waals surface area contributed by atoms with Crippen molar-refractivity contribution in [2.45, 2.75) is 52.5 Å². The first kappa shape index (κ1) is 19.2. The van der Waals surface area contributed by atoms with Gasteiger partial charge >= 0.3 is 0 Å². The van der Waals surface area contributed by atoms with Gasteiger partial charge in [-0.25, -0.2) is 4.98 Å². The molecule has 144 valence electrons. The predicted octanol–water partition coefficient (Wildman–Crippen LogP) is 3.17. The van der Waals surface area contributed by atoms with Gasteiger partial charge in [-0.05, 0) is 42.7 Å². The van der Waals surface area contributed by atoms with E-state index in [1.165, 1.54) is 25.7 Å². The minimum atomic E-state index is -0.132. The summed E-state index contributed by atoms with van der Waals surface area (Å²) in [6, 6.07) is 4.59. The second-order valence-corrected chi connectivity index (χ2v) is 8.89. The molecule has 5 heteroatoms. The van der Waals surface area contributed by atoms with E-state index >= 15 is 0 Å². The van der Waals surface area contributed by atoms with Crippen molar-refractivity contribution in [2.24, 2.45) is 11.3 Å². The summed E-state index contributed by atoms with van der Waals surface area (Å²) in [5.74, 6) is 0.716. The van der Waals surface area contributed by atoms with Gasteiger partial charge in [0.15, 0.2) is 0 Å². The van der Waals surface area contributed by atoms with Crippen molar-refractivity contribution in [2.75, 3.05) is 38.1 Å². The molecule has 2 unspecified atom stereocenters. The lowest BCUT2D eigenvalue weighted by Crippen LogP contribution is -2.52. The Kier molecular flexibility index (Phi) is 5.86. The largest absolute Gasteiger partial charge is 0.368 e. The molecule has 1 aromatic heterocycles. The highest BCUT2D eigenvalue weighted by Crippen LogP contribution is 2.39. The van der Waals surface area contributed by atoms with Crippen LogP contribution in [-0.4, -0.2) is 55.1 Å². The average Bonchev–Trinajstić information content (AvgIpc) is 2.67. The molecule has 0 bridgehead atoms. The zero-order chi connectivity index (χ0) is 18.7. The molecular formula is C21H34N4O. The van der Waals surface area contributed by atoms with Crippen LogP contribution in [0.4, 0.5) is 5.69 Å². The first-order valence-corrected chi connectivity index (χ1v) is 10.1. The maximum Gasteiger partial charge on any atom is 0.269 e. The fourth-order valence-electron chi connectivity index (χ4n) is 4.46. The second kappa shape index (κ2) is 7.95. The summed E-state index contributed by atoms with van der Waals surface area (Å²) in [6.45, 7) is 11.5. The zero-order valence-electron chi connectivity index (χ0n) is 16.8. The molecule has 0 radical (unpaired) electrons. The number of aromatic nitrogens is 1. The highest BCUT2D eigenvalue weighted by atomic mass is 16.1. The number of pyridine rings is 1. The summed E-state index contributed by atoms with van der Waals surface area (Å²) in [5, 5.41) is 2.61. The molecule has 3 rings (SSSR count). The molecule has 1 amide bonds. The van der Waals surface area contributed by atoms with Crippen molar-refractivity contribution in [3.8, 4) is 0 Å². The molecule has 2 heterocycles. The molecule has 0 aromatic carbocycles. The first-order valence-electron chi connectivity index (χ1n) is 10.1. The van der Waals surface area contributed by atoms with Gasteiger partial charge in [-0.1, -0.05) is 27.2 Å². The maximum absolute atomic E-state index is 11.6. The standard InChI is InChI=1S/C21H34N4O/c1-21(2,3)16-6-5-7-17(14-16)24-10-12-25(13-11-24)18-8-9-19(23-15-18)20(26)22-4/h8-9,15-17H,5-7,10-14H2,1-4H3,(H,22,26). The summed E-state index contributed by atoms with van der Waals surface area (Å²) in [4.78, 5) is 21.0. The number of carbonyl (C=O) groups is 1. The molecule has 1 saturated heterocycles. The van der Waals surface area contributed by atoms with Crippen molar-refractivity contribution in [1.82, 2.24) is 15.2 Å². The number of hydrogen-bond donors (Lipinski definition) is 1. The fourth-order valence-corrected chi connectivity index (χ4v) is 4.46. The van der Waals surface area contributed by atoms with Crippen molar-refractivity contribution >= 4 is 11.6 Å². The number of nitrogens with zero attached hydrogens (tertiary/aromatic N) is 3. The van der Waals surface area contributed by atoms with Crippen LogP contribution in [0.5, 0.6) is 0 Å². The van der Waals surface area contributed by atoms with Gasteiger partial charge in [-0.2, -0.15) is 0 Å². The molecule has 1 N–H and O–H groups in total. The van der Waals surface area contributed by atoms with E-state index in [1.807, 2.05) is 18.3 Å². The van der Waals surface area contributed by atoms with Crippen molar-refractivity contribution in [1.29, 1.82) is 0 Å². The molecule has 1 saturated carbocycles. The SMILES string of the molecule is CNC(=O)c1ccc(N2CCN(C3CCCC(C(C)(C)C)C3)CC2)cn1. The predicted molar refractivity (Wildman–Crippen MR) is 107 cm³/mol. The first-order chi connectivity index (χ1) is 12.4. The molecular weight excluding hydrogens is 324 g/mol. The molecule has 2 atom stereocenters. The van der Waals surface area contributed by atoms with Crippen LogP contribution in [0, 0.1) is 11.3 Å². The van der Waals surface area contributed by atoms with E-state index in [9.17, 15) is 4.79 Å². The molecule has 5 nitrogen and oxygen atoms in total. The van der Waals surface area contributed by atoms with Gasteiger partial charge in [-0.3, -0.25) is 9.69 Å².